The normalized spacial score (nSPS) is 16.7. The summed E-state index contributed by atoms with van der Waals surface area (Å²) in [7, 11) is 1.78. The Kier molecular flexibility index (Phi) is 3.85. The zero-order chi connectivity index (χ0) is 16.7. The highest BCUT2D eigenvalue weighted by Crippen LogP contribution is 2.41. The van der Waals surface area contributed by atoms with Crippen molar-refractivity contribution in [2.45, 2.75) is 26.2 Å². The first-order valence-corrected chi connectivity index (χ1v) is 7.65. The molecule has 2 heterocycles. The number of hydrogen-bond donors (Lipinski definition) is 2. The number of anilines is 2. The van der Waals surface area contributed by atoms with Crippen LogP contribution in [0.5, 0.6) is 0 Å². The summed E-state index contributed by atoms with van der Waals surface area (Å²) in [6.45, 7) is 3.33. The van der Waals surface area contributed by atoms with E-state index >= 15 is 0 Å². The summed E-state index contributed by atoms with van der Waals surface area (Å²) >= 11 is 6.37. The molecule has 1 aromatic carbocycles. The van der Waals surface area contributed by atoms with Gasteiger partial charge < -0.3 is 10.6 Å². The SMILES string of the molecule is CC(=O)Nc1ccc2c(c1)NC(=O)CC2c1c(C)nn(C)c1Cl. The van der Waals surface area contributed by atoms with E-state index < -0.39 is 0 Å². The second kappa shape index (κ2) is 5.70. The molecular weight excluding hydrogens is 316 g/mol. The van der Waals surface area contributed by atoms with Crippen molar-refractivity contribution < 1.29 is 9.59 Å². The van der Waals surface area contributed by atoms with Crippen LogP contribution < -0.4 is 10.6 Å². The maximum atomic E-state index is 12.1. The van der Waals surface area contributed by atoms with Gasteiger partial charge in [0.05, 0.1) is 5.69 Å². The van der Waals surface area contributed by atoms with Crippen LogP contribution in [-0.4, -0.2) is 21.6 Å². The first kappa shape index (κ1) is 15.6. The van der Waals surface area contributed by atoms with Crippen molar-refractivity contribution in [3.8, 4) is 0 Å². The molecule has 1 unspecified atom stereocenters. The topological polar surface area (TPSA) is 76.0 Å². The minimum absolute atomic E-state index is 0.0817. The van der Waals surface area contributed by atoms with Gasteiger partial charge in [0.1, 0.15) is 5.15 Å². The van der Waals surface area contributed by atoms with E-state index in [1.54, 1.807) is 17.8 Å². The lowest BCUT2D eigenvalue weighted by Crippen LogP contribution is -2.24. The minimum Gasteiger partial charge on any atom is -0.326 e. The smallest absolute Gasteiger partial charge is 0.225 e. The molecule has 0 fully saturated rings. The maximum absolute atomic E-state index is 12.1. The Morgan fingerprint density at radius 1 is 1.48 bits per heavy atom. The summed E-state index contributed by atoms with van der Waals surface area (Å²) < 4.78 is 1.62. The van der Waals surface area contributed by atoms with Gasteiger partial charge in [-0.3, -0.25) is 14.3 Å². The zero-order valence-corrected chi connectivity index (χ0v) is 13.9. The van der Waals surface area contributed by atoms with Gasteiger partial charge in [-0.15, -0.1) is 0 Å². The molecule has 3 rings (SSSR count). The fourth-order valence-electron chi connectivity index (χ4n) is 3.05. The van der Waals surface area contributed by atoms with Crippen LogP contribution in [0.15, 0.2) is 18.2 Å². The van der Waals surface area contributed by atoms with Crippen molar-refractivity contribution in [3.05, 3.63) is 40.2 Å². The van der Waals surface area contributed by atoms with Crippen LogP contribution in [0.3, 0.4) is 0 Å². The van der Waals surface area contributed by atoms with Crippen molar-refractivity contribution in [2.24, 2.45) is 7.05 Å². The summed E-state index contributed by atoms with van der Waals surface area (Å²) in [5.74, 6) is -0.386. The number of carbonyl (C=O) groups excluding carboxylic acids is 2. The second-order valence-electron chi connectivity index (χ2n) is 5.70. The van der Waals surface area contributed by atoms with Gasteiger partial charge in [-0.1, -0.05) is 17.7 Å². The molecular formula is C16H17ClN4O2. The van der Waals surface area contributed by atoms with Gasteiger partial charge in [0.25, 0.3) is 0 Å². The maximum Gasteiger partial charge on any atom is 0.225 e. The number of aromatic nitrogens is 2. The Bertz CT molecular complexity index is 813. The van der Waals surface area contributed by atoms with Gasteiger partial charge in [-0.2, -0.15) is 5.10 Å². The molecule has 0 saturated heterocycles. The Balaban J connectivity index is 2.09. The largest absolute Gasteiger partial charge is 0.326 e. The molecule has 6 nitrogen and oxygen atoms in total. The number of hydrogen-bond acceptors (Lipinski definition) is 3. The fraction of sp³-hybridized carbons (Fsp3) is 0.312. The Hall–Kier alpha value is -2.34. The Morgan fingerprint density at radius 3 is 2.83 bits per heavy atom. The number of carbonyl (C=O) groups is 2. The molecule has 2 amide bonds. The standard InChI is InChI=1S/C16H17ClN4O2/c1-8-15(16(17)21(3)20-8)12-7-14(23)19-13-6-10(18-9(2)22)4-5-11(12)13/h4-6,12H,7H2,1-3H3,(H,18,22)(H,19,23). The number of rotatable bonds is 2. The van der Waals surface area contributed by atoms with Crippen molar-refractivity contribution in [1.29, 1.82) is 0 Å². The van der Waals surface area contributed by atoms with E-state index in [4.69, 9.17) is 11.6 Å². The van der Waals surface area contributed by atoms with Crippen LogP contribution in [0.4, 0.5) is 11.4 Å². The molecule has 23 heavy (non-hydrogen) atoms. The number of benzene rings is 1. The second-order valence-corrected chi connectivity index (χ2v) is 6.06. The third kappa shape index (κ3) is 2.82. The first-order chi connectivity index (χ1) is 10.9. The molecule has 0 bridgehead atoms. The number of fused-ring (bicyclic) bond motifs is 1. The van der Waals surface area contributed by atoms with E-state index in [2.05, 4.69) is 15.7 Å². The first-order valence-electron chi connectivity index (χ1n) is 7.27. The van der Waals surface area contributed by atoms with E-state index in [0.717, 1.165) is 16.8 Å². The molecule has 1 aromatic heterocycles. The average molecular weight is 333 g/mol. The van der Waals surface area contributed by atoms with Crippen LogP contribution in [0, 0.1) is 6.92 Å². The lowest BCUT2D eigenvalue weighted by molar-refractivity contribution is -0.116. The molecule has 0 spiro atoms. The van der Waals surface area contributed by atoms with Gasteiger partial charge >= 0.3 is 0 Å². The van der Waals surface area contributed by atoms with E-state index in [0.29, 0.717) is 22.9 Å². The molecule has 2 N–H and O–H groups in total. The van der Waals surface area contributed by atoms with E-state index in [9.17, 15) is 9.59 Å². The number of nitrogens with zero attached hydrogens (tertiary/aromatic N) is 2. The number of amides is 2. The highest BCUT2D eigenvalue weighted by Gasteiger charge is 2.31. The summed E-state index contributed by atoms with van der Waals surface area (Å²) in [5.41, 5.74) is 3.99. The Labute approximate surface area is 138 Å². The van der Waals surface area contributed by atoms with Crippen LogP contribution in [0.2, 0.25) is 5.15 Å². The molecule has 0 saturated carbocycles. The molecule has 7 heteroatoms. The lowest BCUT2D eigenvalue weighted by Gasteiger charge is -2.26. The predicted octanol–water partition coefficient (Wildman–Crippen LogP) is 2.81. The molecule has 120 valence electrons. The van der Waals surface area contributed by atoms with Crippen molar-refractivity contribution in [1.82, 2.24) is 9.78 Å². The summed E-state index contributed by atoms with van der Waals surface area (Å²) in [6.07, 6.45) is 0.318. The van der Waals surface area contributed by atoms with Crippen LogP contribution >= 0.6 is 11.6 Å². The Morgan fingerprint density at radius 2 is 2.22 bits per heavy atom. The molecule has 1 aliphatic rings. The van der Waals surface area contributed by atoms with Gasteiger partial charge in [-0.05, 0) is 24.6 Å². The highest BCUT2D eigenvalue weighted by molar-refractivity contribution is 6.30. The van der Waals surface area contributed by atoms with Crippen molar-refractivity contribution in [2.75, 3.05) is 10.6 Å². The average Bonchev–Trinajstić information content (AvgIpc) is 2.70. The number of halogens is 1. The van der Waals surface area contributed by atoms with Crippen molar-refractivity contribution >= 4 is 34.8 Å². The lowest BCUT2D eigenvalue weighted by atomic mass is 9.85. The van der Waals surface area contributed by atoms with Crippen LogP contribution in [0.1, 0.15) is 36.1 Å². The minimum atomic E-state index is -0.158. The van der Waals surface area contributed by atoms with E-state index in [-0.39, 0.29) is 17.7 Å². The monoisotopic (exact) mass is 332 g/mol. The number of nitrogens with one attached hydrogen (secondary N) is 2. The predicted molar refractivity (Wildman–Crippen MR) is 88.8 cm³/mol. The summed E-state index contributed by atoms with van der Waals surface area (Å²) in [5, 5.41) is 10.5. The molecule has 0 aliphatic carbocycles. The van der Waals surface area contributed by atoms with Gasteiger partial charge in [0.15, 0.2) is 0 Å². The molecule has 1 atom stereocenters. The van der Waals surface area contributed by atoms with Gasteiger partial charge in [-0.25, -0.2) is 0 Å². The third-order valence-corrected chi connectivity index (χ3v) is 4.41. The van der Waals surface area contributed by atoms with E-state index in [1.165, 1.54) is 6.92 Å². The fourth-order valence-corrected chi connectivity index (χ4v) is 3.35. The van der Waals surface area contributed by atoms with Gasteiger partial charge in [0.2, 0.25) is 11.8 Å². The molecule has 0 radical (unpaired) electrons. The zero-order valence-electron chi connectivity index (χ0n) is 13.1. The summed E-state index contributed by atoms with van der Waals surface area (Å²) in [4.78, 5) is 23.3. The van der Waals surface area contributed by atoms with Gasteiger partial charge in [0, 0.05) is 43.2 Å². The highest BCUT2D eigenvalue weighted by atomic mass is 35.5. The third-order valence-electron chi connectivity index (χ3n) is 3.96. The van der Waals surface area contributed by atoms with E-state index in [1.807, 2.05) is 19.1 Å². The van der Waals surface area contributed by atoms with Crippen molar-refractivity contribution in [3.63, 3.8) is 0 Å². The van der Waals surface area contributed by atoms with Crippen LogP contribution in [0.25, 0.3) is 0 Å². The molecule has 1 aliphatic heterocycles. The molecule has 2 aromatic rings. The van der Waals surface area contributed by atoms with Crippen LogP contribution in [-0.2, 0) is 16.6 Å². The summed E-state index contributed by atoms with van der Waals surface area (Å²) in [6, 6.07) is 5.50. The quantitative estimate of drug-likeness (QED) is 0.887. The number of aryl methyl sites for hydroxylation is 2.